The number of nitrogens with one attached hydrogen (secondary N) is 1. The van der Waals surface area contributed by atoms with Crippen LogP contribution in [0.2, 0.25) is 0 Å². The fourth-order valence-corrected chi connectivity index (χ4v) is 1.90. The Bertz CT molecular complexity index is 454. The Balaban J connectivity index is 0. The molecule has 1 N–H and O–H groups in total. The summed E-state index contributed by atoms with van der Waals surface area (Å²) in [4.78, 5) is 32.6. The van der Waals surface area contributed by atoms with Gasteiger partial charge >= 0.3 is 59.1 Å². The zero-order valence-corrected chi connectivity index (χ0v) is 17.5. The van der Waals surface area contributed by atoms with Crippen LogP contribution in [0.3, 0.4) is 0 Å². The number of phosphoric ester groups is 1. The normalized spacial score (nSPS) is 11.8. The van der Waals surface area contributed by atoms with Crippen LogP contribution in [0.5, 0.6) is 0 Å². The molecule has 106 valence electrons. The number of hydrogen-bond donors (Lipinski definition) is 1. The molecular weight excluding hydrogens is 315 g/mol. The molecule has 0 unspecified atom stereocenters. The zero-order chi connectivity index (χ0) is 14.3. The van der Waals surface area contributed by atoms with Crippen LogP contribution in [0.1, 0.15) is 31.4 Å². The average Bonchev–Trinajstić information content (AvgIpc) is 2.35. The van der Waals surface area contributed by atoms with Gasteiger partial charge in [-0.2, -0.15) is 0 Å². The molecule has 0 fully saturated rings. The van der Waals surface area contributed by atoms with Gasteiger partial charge in [0, 0.05) is 6.42 Å². The predicted octanol–water partition coefficient (Wildman–Crippen LogP) is -5.50. The molecule has 0 spiro atoms. The van der Waals surface area contributed by atoms with Crippen LogP contribution in [0.25, 0.3) is 0 Å². The molecule has 1 atom stereocenters. The third-order valence-electron chi connectivity index (χ3n) is 2.41. The summed E-state index contributed by atoms with van der Waals surface area (Å²) in [6, 6.07) is 8.09. The number of rotatable bonds is 7. The van der Waals surface area contributed by atoms with Crippen molar-refractivity contribution in [3.05, 3.63) is 35.9 Å². The smallest absolute Gasteiger partial charge is 0.790 e. The monoisotopic (exact) mass is 331 g/mol. The van der Waals surface area contributed by atoms with E-state index in [1.165, 1.54) is 0 Å². The van der Waals surface area contributed by atoms with Gasteiger partial charge in [0.15, 0.2) is 0 Å². The third kappa shape index (κ3) is 11.0. The minimum atomic E-state index is -5.05. The van der Waals surface area contributed by atoms with Crippen LogP contribution in [-0.4, -0.2) is 12.5 Å². The van der Waals surface area contributed by atoms with Crippen molar-refractivity contribution in [2.75, 3.05) is 6.61 Å². The van der Waals surface area contributed by atoms with Crippen molar-refractivity contribution >= 4 is 13.7 Å². The molecule has 1 amide bonds. The maximum atomic E-state index is 11.6. The number of benzene rings is 1. The van der Waals surface area contributed by atoms with Crippen molar-refractivity contribution in [1.82, 2.24) is 5.32 Å². The summed E-state index contributed by atoms with van der Waals surface area (Å²) in [6.45, 7) is 1.46. The first-order valence-corrected chi connectivity index (χ1v) is 7.39. The molecule has 1 rings (SSSR count). The van der Waals surface area contributed by atoms with Crippen LogP contribution >= 0.6 is 7.82 Å². The minimum Gasteiger partial charge on any atom is -0.790 e. The van der Waals surface area contributed by atoms with E-state index in [9.17, 15) is 19.1 Å². The summed E-state index contributed by atoms with van der Waals surface area (Å²) < 4.78 is 14.8. The molecule has 21 heavy (non-hydrogen) atoms. The van der Waals surface area contributed by atoms with Gasteiger partial charge < -0.3 is 24.2 Å². The van der Waals surface area contributed by atoms with Crippen LogP contribution in [0.15, 0.2) is 30.3 Å². The van der Waals surface area contributed by atoms with Gasteiger partial charge in [0.25, 0.3) is 0 Å². The summed E-state index contributed by atoms with van der Waals surface area (Å²) in [6.07, 6.45) is 1.01. The van der Waals surface area contributed by atoms with Crippen LogP contribution in [0, 0.1) is 0 Å². The molecular formula is C12H16NNa2O5P. The Morgan fingerprint density at radius 1 is 1.29 bits per heavy atom. The van der Waals surface area contributed by atoms with Crippen molar-refractivity contribution in [1.29, 1.82) is 0 Å². The van der Waals surface area contributed by atoms with Gasteiger partial charge in [-0.25, -0.2) is 0 Å². The third-order valence-corrected chi connectivity index (χ3v) is 2.88. The van der Waals surface area contributed by atoms with Crippen LogP contribution in [-0.2, 0) is 13.9 Å². The van der Waals surface area contributed by atoms with E-state index >= 15 is 0 Å². The van der Waals surface area contributed by atoms with Crippen molar-refractivity contribution in [2.45, 2.75) is 25.8 Å². The van der Waals surface area contributed by atoms with Gasteiger partial charge in [-0.3, -0.25) is 4.79 Å². The number of amides is 1. The van der Waals surface area contributed by atoms with E-state index in [1.54, 1.807) is 30.3 Å². The molecule has 0 heterocycles. The number of carbonyl (C=O) groups is 1. The number of carbonyl (C=O) groups excluding carboxylic acids is 1. The molecule has 1 aromatic carbocycles. The maximum absolute atomic E-state index is 11.6. The first kappa shape index (κ1) is 24.1. The largest absolute Gasteiger partial charge is 1.00 e. The van der Waals surface area contributed by atoms with Crippen molar-refractivity contribution in [3.8, 4) is 0 Å². The summed E-state index contributed by atoms with van der Waals surface area (Å²) in [7, 11) is -5.05. The predicted molar refractivity (Wildman–Crippen MR) is 65.8 cm³/mol. The van der Waals surface area contributed by atoms with Crippen LogP contribution < -0.4 is 74.2 Å². The molecule has 0 aromatic heterocycles. The van der Waals surface area contributed by atoms with Crippen molar-refractivity contribution < 1.29 is 82.8 Å². The molecule has 0 saturated heterocycles. The van der Waals surface area contributed by atoms with Crippen molar-refractivity contribution in [3.63, 3.8) is 0 Å². The van der Waals surface area contributed by atoms with E-state index in [1.807, 2.05) is 6.92 Å². The Morgan fingerprint density at radius 2 is 1.86 bits per heavy atom. The molecule has 0 aliphatic rings. The van der Waals surface area contributed by atoms with Gasteiger partial charge in [0.2, 0.25) is 5.91 Å². The molecule has 9 heteroatoms. The van der Waals surface area contributed by atoms with Gasteiger partial charge in [-0.1, -0.05) is 37.3 Å². The molecule has 0 bridgehead atoms. The second kappa shape index (κ2) is 12.3. The van der Waals surface area contributed by atoms with Crippen molar-refractivity contribution in [2.24, 2.45) is 0 Å². The minimum absolute atomic E-state index is 0. The SMILES string of the molecule is CCCC(=O)N[C@@H](COP(=O)([O-])[O-])c1ccccc1.[Na+].[Na+]. The Morgan fingerprint density at radius 3 is 2.33 bits per heavy atom. The standard InChI is InChI=1S/C12H18NO5P.2Na/c1-2-6-12(14)13-11(9-18-19(15,16)17)10-7-4-3-5-8-10;;/h3-5,7-8,11H,2,6,9H2,1H3,(H,13,14)(H2,15,16,17);;/q;2*+1/p-2/t11-;;/m0../s1. The first-order chi connectivity index (χ1) is 8.92. The van der Waals surface area contributed by atoms with E-state index in [4.69, 9.17) is 0 Å². The second-order valence-corrected chi connectivity index (χ2v) is 5.18. The summed E-state index contributed by atoms with van der Waals surface area (Å²) in [5.74, 6) is -0.216. The maximum Gasteiger partial charge on any atom is 1.00 e. The average molecular weight is 331 g/mol. The van der Waals surface area contributed by atoms with E-state index in [2.05, 4.69) is 9.84 Å². The molecule has 0 aliphatic carbocycles. The Hall–Kier alpha value is 0.800. The van der Waals surface area contributed by atoms with Gasteiger partial charge in [0.1, 0.15) is 0 Å². The fraction of sp³-hybridized carbons (Fsp3) is 0.417. The summed E-state index contributed by atoms with van der Waals surface area (Å²) in [5.41, 5.74) is 0.681. The van der Waals surface area contributed by atoms with Gasteiger partial charge in [-0.05, 0) is 12.0 Å². The Kier molecular flexibility index (Phi) is 14.0. The van der Waals surface area contributed by atoms with Gasteiger partial charge in [0.05, 0.1) is 20.5 Å². The molecule has 0 radical (unpaired) electrons. The fourth-order valence-electron chi connectivity index (χ4n) is 1.57. The quantitative estimate of drug-likeness (QED) is 0.397. The topological polar surface area (TPSA) is 102 Å². The van der Waals surface area contributed by atoms with Crippen LogP contribution in [0.4, 0.5) is 0 Å². The van der Waals surface area contributed by atoms with E-state index in [0.717, 1.165) is 0 Å². The van der Waals surface area contributed by atoms with Gasteiger partial charge in [-0.15, -0.1) is 0 Å². The number of phosphoric acid groups is 1. The van der Waals surface area contributed by atoms with E-state index in [-0.39, 0.29) is 65.0 Å². The molecule has 0 aliphatic heterocycles. The first-order valence-electron chi connectivity index (χ1n) is 5.93. The molecule has 1 aromatic rings. The Labute approximate surface area is 168 Å². The molecule has 6 nitrogen and oxygen atoms in total. The van der Waals surface area contributed by atoms with E-state index in [0.29, 0.717) is 18.4 Å². The zero-order valence-electron chi connectivity index (χ0n) is 12.6. The second-order valence-electron chi connectivity index (χ2n) is 4.02. The number of hydrogen-bond acceptors (Lipinski definition) is 5. The van der Waals surface area contributed by atoms with E-state index < -0.39 is 20.5 Å². The molecule has 0 saturated carbocycles. The summed E-state index contributed by atoms with van der Waals surface area (Å²) >= 11 is 0. The summed E-state index contributed by atoms with van der Waals surface area (Å²) in [5, 5.41) is 2.64.